The predicted molar refractivity (Wildman–Crippen MR) is 73.0 cm³/mol. The van der Waals surface area contributed by atoms with Crippen LogP contribution in [0.4, 0.5) is 0 Å². The van der Waals surface area contributed by atoms with Gasteiger partial charge in [-0.3, -0.25) is 0 Å². The van der Waals surface area contributed by atoms with Crippen LogP contribution in [-0.2, 0) is 0 Å². The van der Waals surface area contributed by atoms with Gasteiger partial charge in [0.1, 0.15) is 0 Å². The van der Waals surface area contributed by atoms with E-state index in [1.807, 2.05) is 11.8 Å². The zero-order valence-electron chi connectivity index (χ0n) is 11.1. The Morgan fingerprint density at radius 3 is 2.75 bits per heavy atom. The van der Waals surface area contributed by atoms with Crippen molar-refractivity contribution in [1.82, 2.24) is 5.32 Å². The van der Waals surface area contributed by atoms with Gasteiger partial charge in [-0.2, -0.15) is 11.8 Å². The summed E-state index contributed by atoms with van der Waals surface area (Å²) in [6.45, 7) is 10.4. The molecule has 0 aromatic rings. The van der Waals surface area contributed by atoms with E-state index in [0.717, 1.165) is 6.54 Å². The van der Waals surface area contributed by atoms with Gasteiger partial charge in [-0.05, 0) is 31.2 Å². The summed E-state index contributed by atoms with van der Waals surface area (Å²) in [6.07, 6.45) is 3.85. The second kappa shape index (κ2) is 6.27. The molecule has 1 rings (SSSR count). The summed E-state index contributed by atoms with van der Waals surface area (Å²) in [7, 11) is 0. The first kappa shape index (κ1) is 14.3. The largest absolute Gasteiger partial charge is 0.395 e. The summed E-state index contributed by atoms with van der Waals surface area (Å²) in [5.41, 5.74) is 0.471. The highest BCUT2D eigenvalue weighted by Gasteiger charge is 2.35. The Bertz CT molecular complexity index is 208. The molecule has 3 atom stereocenters. The lowest BCUT2D eigenvalue weighted by Gasteiger charge is -2.41. The Kier molecular flexibility index (Phi) is 5.62. The van der Waals surface area contributed by atoms with Gasteiger partial charge >= 0.3 is 0 Å². The van der Waals surface area contributed by atoms with Crippen LogP contribution in [0.3, 0.4) is 0 Å². The summed E-state index contributed by atoms with van der Waals surface area (Å²) in [5, 5.41) is 13.8. The van der Waals surface area contributed by atoms with Crippen LogP contribution in [0.2, 0.25) is 0 Å². The second-order valence-corrected chi connectivity index (χ2v) is 7.42. The highest BCUT2D eigenvalue weighted by Crippen LogP contribution is 2.41. The highest BCUT2D eigenvalue weighted by molar-refractivity contribution is 8.00. The fourth-order valence-corrected chi connectivity index (χ4v) is 4.15. The topological polar surface area (TPSA) is 32.3 Å². The van der Waals surface area contributed by atoms with Crippen LogP contribution in [0.15, 0.2) is 0 Å². The first-order valence-electron chi connectivity index (χ1n) is 6.48. The van der Waals surface area contributed by atoms with Crippen LogP contribution >= 0.6 is 11.8 Å². The van der Waals surface area contributed by atoms with Gasteiger partial charge < -0.3 is 10.4 Å². The number of nitrogens with one attached hydrogen (secondary N) is 1. The lowest BCUT2D eigenvalue weighted by Crippen LogP contribution is -2.45. The lowest BCUT2D eigenvalue weighted by molar-refractivity contribution is 0.214. The molecule has 3 unspecified atom stereocenters. The smallest absolute Gasteiger partial charge is 0.0547 e. The molecule has 1 aliphatic rings. The molecule has 0 heterocycles. The maximum Gasteiger partial charge on any atom is 0.0547 e. The molecule has 1 aliphatic carbocycles. The van der Waals surface area contributed by atoms with Crippen molar-refractivity contribution in [1.29, 1.82) is 0 Å². The molecule has 2 nitrogen and oxygen atoms in total. The van der Waals surface area contributed by atoms with Crippen molar-refractivity contribution in [3.05, 3.63) is 0 Å². The summed E-state index contributed by atoms with van der Waals surface area (Å²) in [6, 6.07) is 0.636. The molecule has 1 fully saturated rings. The van der Waals surface area contributed by atoms with Crippen molar-refractivity contribution in [3.63, 3.8) is 0 Å². The average Bonchev–Trinajstić information content (AvgIpc) is 2.21. The Morgan fingerprint density at radius 1 is 1.50 bits per heavy atom. The van der Waals surface area contributed by atoms with Gasteiger partial charge in [0.05, 0.1) is 6.61 Å². The number of rotatable bonds is 5. The number of aliphatic hydroxyl groups is 1. The number of hydrogen-bond acceptors (Lipinski definition) is 3. The van der Waals surface area contributed by atoms with E-state index in [9.17, 15) is 5.11 Å². The summed E-state index contributed by atoms with van der Waals surface area (Å²) in [5.74, 6) is 0. The third kappa shape index (κ3) is 4.27. The van der Waals surface area contributed by atoms with E-state index in [1.165, 1.54) is 19.3 Å². The molecule has 1 saturated carbocycles. The minimum Gasteiger partial charge on any atom is -0.395 e. The van der Waals surface area contributed by atoms with Crippen molar-refractivity contribution in [2.45, 2.75) is 63.5 Å². The fraction of sp³-hybridized carbons (Fsp3) is 1.00. The van der Waals surface area contributed by atoms with E-state index in [2.05, 4.69) is 33.0 Å². The van der Waals surface area contributed by atoms with Gasteiger partial charge in [0.15, 0.2) is 0 Å². The minimum atomic E-state index is 0.292. The SMILES string of the molecule is CCNC1CCC(C)(C)CC1SC(C)CO. The Morgan fingerprint density at radius 2 is 2.19 bits per heavy atom. The summed E-state index contributed by atoms with van der Waals surface area (Å²) < 4.78 is 0. The van der Waals surface area contributed by atoms with Crippen molar-refractivity contribution in [2.24, 2.45) is 5.41 Å². The standard InChI is InChI=1S/C13H27NOS/c1-5-14-11-6-7-13(3,4)8-12(11)16-10(2)9-15/h10-12,14-15H,5-9H2,1-4H3. The van der Waals surface area contributed by atoms with E-state index in [4.69, 9.17) is 0 Å². The van der Waals surface area contributed by atoms with E-state index in [0.29, 0.717) is 28.6 Å². The monoisotopic (exact) mass is 245 g/mol. The van der Waals surface area contributed by atoms with Crippen molar-refractivity contribution in [2.75, 3.05) is 13.2 Å². The van der Waals surface area contributed by atoms with Crippen molar-refractivity contribution < 1.29 is 5.11 Å². The van der Waals surface area contributed by atoms with Crippen LogP contribution < -0.4 is 5.32 Å². The Balaban J connectivity index is 2.57. The van der Waals surface area contributed by atoms with Crippen LogP contribution in [0.25, 0.3) is 0 Å². The average molecular weight is 245 g/mol. The molecule has 2 N–H and O–H groups in total. The molecule has 0 spiro atoms. The van der Waals surface area contributed by atoms with Crippen molar-refractivity contribution in [3.8, 4) is 0 Å². The van der Waals surface area contributed by atoms with Crippen molar-refractivity contribution >= 4 is 11.8 Å². The minimum absolute atomic E-state index is 0.292. The van der Waals surface area contributed by atoms with E-state index < -0.39 is 0 Å². The van der Waals surface area contributed by atoms with Gasteiger partial charge in [0.2, 0.25) is 0 Å². The van der Waals surface area contributed by atoms with E-state index in [1.54, 1.807) is 0 Å². The van der Waals surface area contributed by atoms with Gasteiger partial charge in [0, 0.05) is 16.5 Å². The molecule has 96 valence electrons. The van der Waals surface area contributed by atoms with Gasteiger partial charge in [-0.1, -0.05) is 27.7 Å². The summed E-state index contributed by atoms with van der Waals surface area (Å²) >= 11 is 1.96. The first-order valence-corrected chi connectivity index (χ1v) is 7.42. The van der Waals surface area contributed by atoms with Gasteiger partial charge in [-0.25, -0.2) is 0 Å². The summed E-state index contributed by atoms with van der Waals surface area (Å²) in [4.78, 5) is 0. The first-order chi connectivity index (χ1) is 7.48. The van der Waals surface area contributed by atoms with E-state index in [-0.39, 0.29) is 0 Å². The lowest BCUT2D eigenvalue weighted by atomic mass is 9.75. The predicted octanol–water partition coefficient (Wildman–Crippen LogP) is 2.66. The molecule has 0 saturated heterocycles. The quantitative estimate of drug-likeness (QED) is 0.781. The molecule has 0 aromatic heterocycles. The maximum absolute atomic E-state index is 9.17. The van der Waals surface area contributed by atoms with Crippen LogP contribution in [-0.4, -0.2) is 34.8 Å². The maximum atomic E-state index is 9.17. The Labute approximate surface area is 105 Å². The van der Waals surface area contributed by atoms with Crippen LogP contribution in [0.1, 0.15) is 47.0 Å². The number of thioether (sulfide) groups is 1. The number of hydrogen-bond donors (Lipinski definition) is 2. The zero-order valence-corrected chi connectivity index (χ0v) is 11.9. The Hall–Kier alpha value is 0.270. The second-order valence-electron chi connectivity index (χ2n) is 5.74. The van der Waals surface area contributed by atoms with Gasteiger partial charge in [-0.15, -0.1) is 0 Å². The fourth-order valence-electron chi connectivity index (χ4n) is 2.50. The zero-order chi connectivity index (χ0) is 12.2. The molecule has 0 aromatic carbocycles. The molecule has 0 aliphatic heterocycles. The molecular weight excluding hydrogens is 218 g/mol. The number of aliphatic hydroxyl groups excluding tert-OH is 1. The molecule has 0 bridgehead atoms. The molecule has 0 radical (unpaired) electrons. The molecule has 3 heteroatoms. The molecule has 16 heavy (non-hydrogen) atoms. The van der Waals surface area contributed by atoms with Crippen LogP contribution in [0, 0.1) is 5.41 Å². The molecular formula is C13H27NOS. The normalized spacial score (nSPS) is 31.3. The third-order valence-electron chi connectivity index (χ3n) is 3.47. The van der Waals surface area contributed by atoms with E-state index >= 15 is 0 Å². The highest BCUT2D eigenvalue weighted by atomic mass is 32.2. The van der Waals surface area contributed by atoms with Gasteiger partial charge in [0.25, 0.3) is 0 Å². The van der Waals surface area contributed by atoms with Crippen LogP contribution in [0.5, 0.6) is 0 Å². The third-order valence-corrected chi connectivity index (χ3v) is 4.92. The molecule has 0 amide bonds.